The number of rotatable bonds is 7. The lowest BCUT2D eigenvalue weighted by atomic mass is 10.3. The monoisotopic (exact) mass is 412 g/mol. The molecule has 9 nitrogen and oxygen atoms in total. The smallest absolute Gasteiger partial charge is 0.319 e. The Hall–Kier alpha value is -1.81. The summed E-state index contributed by atoms with van der Waals surface area (Å²) in [5, 5.41) is 0. The molecule has 1 rings (SSSR count). The zero-order valence-electron chi connectivity index (χ0n) is 18.0. The zero-order valence-corrected chi connectivity index (χ0v) is 18.0. The van der Waals surface area contributed by atoms with E-state index in [1.165, 1.54) is 14.2 Å². The molecule has 0 spiro atoms. The van der Waals surface area contributed by atoms with E-state index < -0.39 is 0 Å². The zero-order chi connectivity index (χ0) is 21.5. The molecule has 0 unspecified atom stereocenters. The highest BCUT2D eigenvalue weighted by molar-refractivity contribution is 5.71. The summed E-state index contributed by atoms with van der Waals surface area (Å²) in [4.78, 5) is 43.0. The minimum Gasteiger partial charge on any atom is -0.468 e. The number of aldehydes is 1. The minimum absolute atomic E-state index is 0.175. The molecule has 0 aromatic heterocycles. The van der Waals surface area contributed by atoms with Gasteiger partial charge in [-0.15, -0.1) is 0 Å². The lowest BCUT2D eigenvalue weighted by Crippen LogP contribution is -2.45. The Labute approximate surface area is 174 Å². The summed E-state index contributed by atoms with van der Waals surface area (Å²) >= 11 is 0. The van der Waals surface area contributed by atoms with E-state index in [-0.39, 0.29) is 25.0 Å². The number of nitrogens with zero attached hydrogens (tertiary/aromatic N) is 4. The van der Waals surface area contributed by atoms with Gasteiger partial charge >= 0.3 is 11.9 Å². The lowest BCUT2D eigenvalue weighted by Gasteiger charge is -2.30. The second kappa shape index (κ2) is 15.1. The summed E-state index contributed by atoms with van der Waals surface area (Å²) in [6.45, 7) is 9.42. The number of hydrogen-bond acceptors (Lipinski definition) is 9. The van der Waals surface area contributed by atoms with Crippen molar-refractivity contribution in [1.82, 2.24) is 19.6 Å². The molecular formula is C20H36N4O5. The number of ether oxygens (including phenoxy) is 2. The fourth-order valence-corrected chi connectivity index (χ4v) is 3.07. The van der Waals surface area contributed by atoms with Gasteiger partial charge in [-0.2, -0.15) is 0 Å². The average molecular weight is 413 g/mol. The van der Waals surface area contributed by atoms with Crippen LogP contribution in [-0.2, 0) is 23.9 Å². The van der Waals surface area contributed by atoms with Gasteiger partial charge in [-0.3, -0.25) is 29.2 Å². The van der Waals surface area contributed by atoms with Crippen LogP contribution in [0.15, 0.2) is 12.2 Å². The van der Waals surface area contributed by atoms with E-state index in [1.54, 1.807) is 0 Å². The molecule has 0 bridgehead atoms. The molecule has 0 amide bonds. The average Bonchev–Trinajstić information content (AvgIpc) is 2.73. The van der Waals surface area contributed by atoms with E-state index in [0.29, 0.717) is 39.3 Å². The Balaban J connectivity index is 2.90. The van der Waals surface area contributed by atoms with Crippen molar-refractivity contribution < 1.29 is 23.9 Å². The van der Waals surface area contributed by atoms with E-state index in [1.807, 2.05) is 9.80 Å². The van der Waals surface area contributed by atoms with E-state index in [0.717, 1.165) is 32.5 Å². The van der Waals surface area contributed by atoms with Crippen molar-refractivity contribution in [2.45, 2.75) is 6.92 Å². The maximum absolute atomic E-state index is 11.8. The summed E-state index contributed by atoms with van der Waals surface area (Å²) in [7, 11) is 2.76. The molecule has 1 aliphatic rings. The van der Waals surface area contributed by atoms with Crippen LogP contribution in [0.5, 0.6) is 0 Å². The second-order valence-corrected chi connectivity index (χ2v) is 7.00. The normalized spacial score (nSPS) is 19.4. The van der Waals surface area contributed by atoms with Crippen LogP contribution in [0.3, 0.4) is 0 Å². The minimum atomic E-state index is -0.301. The number of carbonyl (C=O) groups is 3. The fraction of sp³-hybridized carbons (Fsp3) is 0.750. The third-order valence-electron chi connectivity index (χ3n) is 5.03. The Kier molecular flexibility index (Phi) is 13.1. The second-order valence-electron chi connectivity index (χ2n) is 7.00. The molecule has 0 aliphatic carbocycles. The predicted octanol–water partition coefficient (Wildman–Crippen LogP) is -0.671. The molecule has 0 radical (unpaired) electrons. The molecule has 0 atom stereocenters. The van der Waals surface area contributed by atoms with E-state index in [4.69, 9.17) is 9.47 Å². The molecule has 0 N–H and O–H groups in total. The number of carbonyl (C=O) groups excluding carboxylic acids is 3. The third kappa shape index (κ3) is 11.1. The molecule has 1 aliphatic heterocycles. The highest BCUT2D eigenvalue weighted by Crippen LogP contribution is 2.00. The third-order valence-corrected chi connectivity index (χ3v) is 5.03. The van der Waals surface area contributed by atoms with Crippen LogP contribution >= 0.6 is 0 Å². The molecule has 166 valence electrons. The van der Waals surface area contributed by atoms with E-state index >= 15 is 0 Å². The largest absolute Gasteiger partial charge is 0.468 e. The van der Waals surface area contributed by atoms with Crippen LogP contribution in [0.2, 0.25) is 0 Å². The van der Waals surface area contributed by atoms with Crippen LogP contribution < -0.4 is 0 Å². The number of methoxy groups -OCH3 is 2. The fourth-order valence-electron chi connectivity index (χ4n) is 3.07. The molecule has 9 heteroatoms. The summed E-state index contributed by atoms with van der Waals surface area (Å²) in [5.74, 6) is -0.587. The maximum Gasteiger partial charge on any atom is 0.319 e. The SMILES string of the molecule is CCN1CC=CCN(CC(=O)OC)CCN(CC(=O)OC)CCN(CC=O)CC1. The van der Waals surface area contributed by atoms with Gasteiger partial charge in [-0.05, 0) is 6.54 Å². The first kappa shape index (κ1) is 25.2. The van der Waals surface area contributed by atoms with Gasteiger partial charge in [0.1, 0.15) is 6.29 Å². The van der Waals surface area contributed by atoms with Gasteiger partial charge in [0, 0.05) is 52.4 Å². The first-order chi connectivity index (χ1) is 14.0. The van der Waals surface area contributed by atoms with Crippen molar-refractivity contribution in [3.63, 3.8) is 0 Å². The summed E-state index contributed by atoms with van der Waals surface area (Å²) in [6.07, 6.45) is 5.09. The van der Waals surface area contributed by atoms with Gasteiger partial charge in [-0.1, -0.05) is 19.1 Å². The molecule has 0 aromatic rings. The van der Waals surface area contributed by atoms with Crippen molar-refractivity contribution in [2.24, 2.45) is 0 Å². The van der Waals surface area contributed by atoms with Crippen molar-refractivity contribution in [3.05, 3.63) is 12.2 Å². The predicted molar refractivity (Wildman–Crippen MR) is 111 cm³/mol. The van der Waals surface area contributed by atoms with Gasteiger partial charge < -0.3 is 14.3 Å². The lowest BCUT2D eigenvalue weighted by molar-refractivity contribution is -0.143. The number of hydrogen-bond donors (Lipinski definition) is 0. The first-order valence-electron chi connectivity index (χ1n) is 10.1. The molecule has 29 heavy (non-hydrogen) atoms. The first-order valence-corrected chi connectivity index (χ1v) is 10.1. The van der Waals surface area contributed by atoms with Crippen molar-refractivity contribution >= 4 is 18.2 Å². The Morgan fingerprint density at radius 1 is 0.793 bits per heavy atom. The van der Waals surface area contributed by atoms with E-state index in [9.17, 15) is 14.4 Å². The van der Waals surface area contributed by atoms with Crippen LogP contribution in [0.4, 0.5) is 0 Å². The van der Waals surface area contributed by atoms with Crippen LogP contribution in [0.25, 0.3) is 0 Å². The molecule has 1 heterocycles. The van der Waals surface area contributed by atoms with Gasteiger partial charge in [0.2, 0.25) is 0 Å². The van der Waals surface area contributed by atoms with Crippen molar-refractivity contribution in [1.29, 1.82) is 0 Å². The van der Waals surface area contributed by atoms with Gasteiger partial charge in [0.25, 0.3) is 0 Å². The Morgan fingerprint density at radius 2 is 1.24 bits per heavy atom. The van der Waals surface area contributed by atoms with Crippen molar-refractivity contribution in [3.8, 4) is 0 Å². The van der Waals surface area contributed by atoms with Gasteiger partial charge in [0.05, 0.1) is 33.9 Å². The van der Waals surface area contributed by atoms with Gasteiger partial charge in [0.15, 0.2) is 0 Å². The quantitative estimate of drug-likeness (QED) is 0.307. The molecule has 0 saturated carbocycles. The molecule has 0 aromatic carbocycles. The van der Waals surface area contributed by atoms with Crippen LogP contribution in [-0.4, -0.2) is 131 Å². The van der Waals surface area contributed by atoms with Crippen LogP contribution in [0, 0.1) is 0 Å². The number of esters is 2. The molecular weight excluding hydrogens is 376 g/mol. The van der Waals surface area contributed by atoms with Gasteiger partial charge in [-0.25, -0.2) is 0 Å². The van der Waals surface area contributed by atoms with Crippen LogP contribution in [0.1, 0.15) is 6.92 Å². The number of likely N-dealkylation sites (N-methyl/N-ethyl adjacent to an activating group) is 1. The Bertz CT molecular complexity index is 529. The topological polar surface area (TPSA) is 82.6 Å². The maximum atomic E-state index is 11.8. The standard InChI is InChI=1S/C20H36N4O5/c1-4-21-7-5-6-8-23(17-19(26)28-2)13-14-24(18-20(27)29-3)12-11-22(10-9-21)15-16-25/h5-6,16H,4,7-15,17-18H2,1-3H3. The summed E-state index contributed by atoms with van der Waals surface area (Å²) in [5.41, 5.74) is 0. The van der Waals surface area contributed by atoms with E-state index in [2.05, 4.69) is 28.9 Å². The highest BCUT2D eigenvalue weighted by Gasteiger charge is 2.17. The van der Waals surface area contributed by atoms with Crippen molar-refractivity contribution in [2.75, 3.05) is 92.8 Å². The summed E-state index contributed by atoms with van der Waals surface area (Å²) < 4.78 is 9.62. The summed E-state index contributed by atoms with van der Waals surface area (Å²) in [6, 6.07) is 0. The highest BCUT2D eigenvalue weighted by atomic mass is 16.5. The molecule has 0 fully saturated rings. The Morgan fingerprint density at radius 3 is 1.76 bits per heavy atom. The molecule has 0 saturated heterocycles.